The first-order valence-corrected chi connectivity index (χ1v) is 22.3. The number of benzene rings is 1. The first-order chi connectivity index (χ1) is 29.4. The zero-order valence-corrected chi connectivity index (χ0v) is 33.6. The maximum atomic E-state index is 16.6. The molecular weight excluding hydrogens is 823 g/mol. The van der Waals surface area contributed by atoms with Crippen LogP contribution in [0.4, 0.5) is 39.5 Å². The molecule has 1 aromatic rings. The van der Waals surface area contributed by atoms with Crippen LogP contribution >= 0.6 is 0 Å². The smallest absolute Gasteiger partial charge is 0.344 e. The molecule has 340 valence electrons. The van der Waals surface area contributed by atoms with Crippen LogP contribution in [0, 0.1) is 70.6 Å². The van der Waals surface area contributed by atoms with Crippen molar-refractivity contribution in [2.45, 2.75) is 157 Å². The Labute approximate surface area is 347 Å². The van der Waals surface area contributed by atoms with E-state index in [0.717, 1.165) is 51.4 Å². The Morgan fingerprint density at radius 1 is 0.492 bits per heavy atom. The Morgan fingerprint density at radius 3 is 1.41 bits per heavy atom. The monoisotopic (exact) mass is 878 g/mol. The van der Waals surface area contributed by atoms with Crippen LogP contribution < -0.4 is 47.3 Å². The van der Waals surface area contributed by atoms with Crippen molar-refractivity contribution in [1.82, 2.24) is 42.5 Å². The zero-order valence-electron chi connectivity index (χ0n) is 33.6. The summed E-state index contributed by atoms with van der Waals surface area (Å²) in [6.45, 7) is 0.917. The Bertz CT molecular complexity index is 1800. The van der Waals surface area contributed by atoms with Gasteiger partial charge in [-0.05, 0) is 75.0 Å². The molecule has 5 saturated heterocycles. The van der Waals surface area contributed by atoms with E-state index in [1.807, 2.05) is 0 Å². The molecule has 11 nitrogen and oxygen atoms in total. The fraction of sp³-hybridized carbons (Fsp3) is 0.829. The van der Waals surface area contributed by atoms with Crippen LogP contribution in [0.25, 0.3) is 0 Å². The summed E-state index contributed by atoms with van der Waals surface area (Å²) in [5.41, 5.74) is -1.69. The molecule has 0 aromatic heterocycles. The SMILES string of the molecule is CCOC(=O)c1c(F)c(F)c(OC2C(F)C(F)C(F)C3C4NC5NC(NC6NC(NC7NC(NC(N4)C23)C2C(F)C(F)CCC72)C2CCCCC62)C2CCCCC52)c(F)c1F. The van der Waals surface area contributed by atoms with Crippen molar-refractivity contribution >= 4 is 5.97 Å². The van der Waals surface area contributed by atoms with Gasteiger partial charge in [-0.1, -0.05) is 25.7 Å². The Balaban J connectivity index is 1.05. The van der Waals surface area contributed by atoms with Gasteiger partial charge in [0.1, 0.15) is 30.2 Å². The molecule has 20 heteroatoms. The summed E-state index contributed by atoms with van der Waals surface area (Å²) in [6.07, 6.45) is -11.2. The van der Waals surface area contributed by atoms with Crippen LogP contribution in [0.2, 0.25) is 0 Å². The Morgan fingerprint density at radius 2 is 0.918 bits per heavy atom. The van der Waals surface area contributed by atoms with E-state index in [9.17, 15) is 4.79 Å². The number of halogens is 9. The van der Waals surface area contributed by atoms with E-state index in [1.54, 1.807) is 0 Å². The minimum atomic E-state index is -2.92. The number of hydrogen-bond acceptors (Lipinski definition) is 11. The van der Waals surface area contributed by atoms with Gasteiger partial charge in [0.2, 0.25) is 11.6 Å². The van der Waals surface area contributed by atoms with Gasteiger partial charge in [-0.25, -0.2) is 35.5 Å². The number of fused-ring (bicyclic) bond motifs is 20. The van der Waals surface area contributed by atoms with E-state index in [0.29, 0.717) is 12.3 Å². The van der Waals surface area contributed by atoms with Gasteiger partial charge < -0.3 is 9.47 Å². The average molecular weight is 879 g/mol. The highest BCUT2D eigenvalue weighted by atomic mass is 19.2. The highest BCUT2D eigenvalue weighted by Crippen LogP contribution is 2.49. The summed E-state index contributed by atoms with van der Waals surface area (Å²) in [5, 5.41) is 28.5. The summed E-state index contributed by atoms with van der Waals surface area (Å²) < 4.78 is 153. The number of carbonyl (C=O) groups excluding carboxylic acids is 1. The minimum absolute atomic E-state index is 0.0149. The second kappa shape index (κ2) is 16.5. The third-order valence-electron chi connectivity index (χ3n) is 16.0. The fourth-order valence-electron chi connectivity index (χ4n) is 13.3. The second-order valence-corrected chi connectivity index (χ2v) is 18.9. The number of carbonyl (C=O) groups is 1. The molecule has 61 heavy (non-hydrogen) atoms. The Hall–Kier alpha value is -2.46. The largest absolute Gasteiger partial charge is 0.481 e. The molecule has 8 bridgehead atoms. The minimum Gasteiger partial charge on any atom is -0.481 e. The highest BCUT2D eigenvalue weighted by Gasteiger charge is 2.64. The molecule has 0 radical (unpaired) electrons. The number of hydrogen-bond donors (Lipinski definition) is 8. The van der Waals surface area contributed by atoms with Gasteiger partial charge in [-0.15, -0.1) is 0 Å². The van der Waals surface area contributed by atoms with Crippen molar-refractivity contribution in [3.05, 3.63) is 28.8 Å². The first-order valence-electron chi connectivity index (χ1n) is 22.3. The lowest BCUT2D eigenvalue weighted by Gasteiger charge is -2.43. The van der Waals surface area contributed by atoms with Gasteiger partial charge in [0.15, 0.2) is 29.7 Å². The molecule has 5 aliphatic heterocycles. The van der Waals surface area contributed by atoms with Crippen LogP contribution in [0.5, 0.6) is 5.75 Å². The topological polar surface area (TPSA) is 132 Å². The van der Waals surface area contributed by atoms with Crippen molar-refractivity contribution in [1.29, 1.82) is 0 Å². The van der Waals surface area contributed by atoms with Crippen molar-refractivity contribution in [3.8, 4) is 5.75 Å². The second-order valence-electron chi connectivity index (χ2n) is 18.9. The van der Waals surface area contributed by atoms with Crippen LogP contribution in [0.3, 0.4) is 0 Å². The maximum absolute atomic E-state index is 16.6. The predicted molar refractivity (Wildman–Crippen MR) is 201 cm³/mol. The summed E-state index contributed by atoms with van der Waals surface area (Å²) in [4.78, 5) is 12.3. The predicted octanol–water partition coefficient (Wildman–Crippen LogP) is 4.14. The van der Waals surface area contributed by atoms with Gasteiger partial charge in [-0.3, -0.25) is 42.5 Å². The first kappa shape index (κ1) is 42.5. The number of nitrogens with one attached hydrogen (secondary N) is 8. The van der Waals surface area contributed by atoms with Gasteiger partial charge >= 0.3 is 5.97 Å². The molecule has 4 saturated carbocycles. The van der Waals surface area contributed by atoms with Gasteiger partial charge in [0.05, 0.1) is 55.9 Å². The lowest BCUT2D eigenvalue weighted by atomic mass is 9.73. The summed E-state index contributed by atoms with van der Waals surface area (Å²) in [7, 11) is 0. The van der Waals surface area contributed by atoms with E-state index in [4.69, 9.17) is 4.74 Å². The summed E-state index contributed by atoms with van der Waals surface area (Å²) in [5.74, 6) is -16.0. The van der Waals surface area contributed by atoms with Gasteiger partial charge in [0.25, 0.3) is 0 Å². The fourth-order valence-corrected chi connectivity index (χ4v) is 13.3. The Kier molecular flexibility index (Phi) is 11.5. The normalized spacial score (nSPS) is 49.1. The van der Waals surface area contributed by atoms with Crippen LogP contribution in [-0.4, -0.2) is 98.9 Å². The van der Waals surface area contributed by atoms with Gasteiger partial charge in [-0.2, -0.15) is 8.78 Å². The highest BCUT2D eigenvalue weighted by molar-refractivity contribution is 5.90. The molecular formula is C41H55F9N8O3. The molecule has 5 heterocycles. The van der Waals surface area contributed by atoms with E-state index in [-0.39, 0.29) is 49.3 Å². The van der Waals surface area contributed by atoms with Crippen LogP contribution in [-0.2, 0) is 4.74 Å². The number of alkyl halides is 5. The van der Waals surface area contributed by atoms with E-state index in [1.165, 1.54) is 6.92 Å². The van der Waals surface area contributed by atoms with Crippen molar-refractivity contribution in [2.75, 3.05) is 6.61 Å². The molecule has 4 aliphatic carbocycles. The summed E-state index contributed by atoms with van der Waals surface area (Å²) in [6, 6.07) is 0. The molecule has 9 aliphatic rings. The molecule has 1 aromatic carbocycles. The lowest BCUT2D eigenvalue weighted by Crippen LogP contribution is -2.63. The van der Waals surface area contributed by atoms with E-state index in [2.05, 4.69) is 47.3 Å². The van der Waals surface area contributed by atoms with Crippen molar-refractivity contribution < 1.29 is 53.8 Å². The third kappa shape index (κ3) is 6.97. The van der Waals surface area contributed by atoms with Crippen LogP contribution in [0.1, 0.15) is 81.5 Å². The number of ether oxygens (including phenoxy) is 2. The van der Waals surface area contributed by atoms with E-state index < -0.39 is 132 Å². The molecule has 9 fully saturated rings. The van der Waals surface area contributed by atoms with Crippen molar-refractivity contribution in [3.63, 3.8) is 0 Å². The molecule has 0 spiro atoms. The van der Waals surface area contributed by atoms with Crippen molar-refractivity contribution in [2.24, 2.45) is 47.3 Å². The molecule has 8 N–H and O–H groups in total. The summed E-state index contributed by atoms with van der Waals surface area (Å²) >= 11 is 0. The number of esters is 1. The maximum Gasteiger partial charge on any atom is 0.344 e. The quantitative estimate of drug-likeness (QED) is 0.126. The molecule has 22 unspecified atom stereocenters. The third-order valence-corrected chi connectivity index (χ3v) is 16.0. The molecule has 22 atom stereocenters. The average Bonchev–Trinajstić information content (AvgIpc) is 3.99. The molecule has 0 amide bonds. The lowest BCUT2D eigenvalue weighted by molar-refractivity contribution is -0.102. The standard InChI is InChI=1S/C41H55F9N8O3/c1-2-60-41(59)22-25(45)28(48)32(29(49)26(22)46)61-31-21-20(24(44)27(47)30(31)50)39-55-36-16-10-6-5-9-15(16)34(53-36)51-33-13-7-3-4-8-14(13)35(52-33)54-37-17-11-12-18(42)23(43)19(17)38(56-37)57-40(21)58-39/h13-21,23-24,27,30-31,33-40,51-58H,2-12H2,1H3. The van der Waals surface area contributed by atoms with E-state index >= 15 is 39.5 Å². The zero-order chi connectivity index (χ0) is 42.6. The van der Waals surface area contributed by atoms with Crippen LogP contribution in [0.15, 0.2) is 0 Å². The molecule has 10 rings (SSSR count). The number of rotatable bonds is 4. The van der Waals surface area contributed by atoms with Gasteiger partial charge in [0, 0.05) is 17.8 Å².